The van der Waals surface area contributed by atoms with Gasteiger partial charge in [0, 0.05) is 23.5 Å². The van der Waals surface area contributed by atoms with Gasteiger partial charge in [-0.2, -0.15) is 0 Å². The fourth-order valence-electron chi connectivity index (χ4n) is 3.58. The van der Waals surface area contributed by atoms with Gasteiger partial charge >= 0.3 is 0 Å². The lowest BCUT2D eigenvalue weighted by molar-refractivity contribution is -0.136. The third-order valence-electron chi connectivity index (χ3n) is 5.15. The van der Waals surface area contributed by atoms with Gasteiger partial charge in [-0.15, -0.1) is 11.3 Å². The maximum atomic E-state index is 12.6. The van der Waals surface area contributed by atoms with Gasteiger partial charge in [0.1, 0.15) is 11.2 Å². The number of nitrogens with zero attached hydrogens (tertiary/aromatic N) is 3. The minimum Gasteiger partial charge on any atom is -0.467 e. The van der Waals surface area contributed by atoms with Crippen molar-refractivity contribution in [3.63, 3.8) is 0 Å². The van der Waals surface area contributed by atoms with E-state index in [0.29, 0.717) is 5.88 Å². The van der Waals surface area contributed by atoms with Crippen molar-refractivity contribution in [3.8, 4) is 17.0 Å². The SMILES string of the molecule is Cc1ccc(-c2csc3ncnc(OCC(=O)N4CCCC[C@@H]4C)c23)cc1. The highest BCUT2D eigenvalue weighted by molar-refractivity contribution is 7.17. The highest BCUT2D eigenvalue weighted by Crippen LogP contribution is 2.37. The van der Waals surface area contributed by atoms with Gasteiger partial charge in [0.2, 0.25) is 5.88 Å². The average molecular weight is 382 g/mol. The van der Waals surface area contributed by atoms with Crippen molar-refractivity contribution >= 4 is 27.5 Å². The van der Waals surface area contributed by atoms with E-state index in [0.717, 1.165) is 40.7 Å². The molecule has 0 unspecified atom stereocenters. The Morgan fingerprint density at radius 1 is 1.26 bits per heavy atom. The van der Waals surface area contributed by atoms with Crippen molar-refractivity contribution in [1.82, 2.24) is 14.9 Å². The van der Waals surface area contributed by atoms with Crippen LogP contribution in [0.15, 0.2) is 36.0 Å². The van der Waals surface area contributed by atoms with Gasteiger partial charge in [-0.3, -0.25) is 4.79 Å². The minimum absolute atomic E-state index is 0.0135. The van der Waals surface area contributed by atoms with Crippen LogP contribution in [0.1, 0.15) is 31.7 Å². The fraction of sp³-hybridized carbons (Fsp3) is 0.381. The number of ether oxygens (including phenoxy) is 1. The third kappa shape index (κ3) is 3.67. The maximum Gasteiger partial charge on any atom is 0.260 e. The molecule has 1 amide bonds. The van der Waals surface area contributed by atoms with E-state index in [2.05, 4.69) is 53.5 Å². The molecular weight excluding hydrogens is 358 g/mol. The summed E-state index contributed by atoms with van der Waals surface area (Å²) in [5.74, 6) is 0.510. The molecule has 1 saturated heterocycles. The zero-order chi connectivity index (χ0) is 18.8. The summed E-state index contributed by atoms with van der Waals surface area (Å²) in [6, 6.07) is 8.64. The number of thiophene rings is 1. The number of hydrogen-bond donors (Lipinski definition) is 0. The topological polar surface area (TPSA) is 55.3 Å². The van der Waals surface area contributed by atoms with Gasteiger partial charge in [0.25, 0.3) is 5.91 Å². The van der Waals surface area contributed by atoms with Crippen LogP contribution < -0.4 is 4.74 Å². The first-order valence-electron chi connectivity index (χ1n) is 9.35. The van der Waals surface area contributed by atoms with Crippen LogP contribution in [0.25, 0.3) is 21.3 Å². The molecule has 0 bridgehead atoms. The molecule has 5 nitrogen and oxygen atoms in total. The number of piperidine rings is 1. The molecule has 27 heavy (non-hydrogen) atoms. The maximum absolute atomic E-state index is 12.6. The molecule has 0 aliphatic carbocycles. The van der Waals surface area contributed by atoms with Gasteiger partial charge in [0.05, 0.1) is 5.39 Å². The van der Waals surface area contributed by atoms with E-state index >= 15 is 0 Å². The molecule has 0 saturated carbocycles. The molecule has 2 aromatic heterocycles. The second-order valence-corrected chi connectivity index (χ2v) is 7.95. The van der Waals surface area contributed by atoms with Crippen molar-refractivity contribution in [2.45, 2.75) is 39.2 Å². The Bertz CT molecular complexity index is 952. The predicted octanol–water partition coefficient (Wildman–Crippen LogP) is 4.45. The summed E-state index contributed by atoms with van der Waals surface area (Å²) in [4.78, 5) is 24.1. The van der Waals surface area contributed by atoms with Crippen LogP contribution in [0.5, 0.6) is 5.88 Å². The van der Waals surface area contributed by atoms with E-state index in [1.807, 2.05) is 4.90 Å². The first-order valence-corrected chi connectivity index (χ1v) is 10.2. The second kappa shape index (κ2) is 7.64. The summed E-state index contributed by atoms with van der Waals surface area (Å²) in [5.41, 5.74) is 3.36. The van der Waals surface area contributed by atoms with Crippen LogP contribution in [-0.4, -0.2) is 40.0 Å². The molecule has 1 atom stereocenters. The number of aryl methyl sites for hydroxylation is 1. The van der Waals surface area contributed by atoms with E-state index < -0.39 is 0 Å². The van der Waals surface area contributed by atoms with Gasteiger partial charge in [0.15, 0.2) is 6.61 Å². The molecule has 1 fully saturated rings. The molecule has 1 aliphatic heterocycles. The number of hydrogen-bond acceptors (Lipinski definition) is 5. The molecule has 6 heteroatoms. The molecule has 4 rings (SSSR count). The highest BCUT2D eigenvalue weighted by atomic mass is 32.1. The highest BCUT2D eigenvalue weighted by Gasteiger charge is 2.24. The predicted molar refractivity (Wildman–Crippen MR) is 108 cm³/mol. The fourth-order valence-corrected chi connectivity index (χ4v) is 4.49. The Morgan fingerprint density at radius 3 is 2.85 bits per heavy atom. The Kier molecular flexibility index (Phi) is 5.07. The van der Waals surface area contributed by atoms with Crippen molar-refractivity contribution in [3.05, 3.63) is 41.5 Å². The van der Waals surface area contributed by atoms with Gasteiger partial charge in [-0.1, -0.05) is 29.8 Å². The van der Waals surface area contributed by atoms with E-state index in [9.17, 15) is 4.79 Å². The van der Waals surface area contributed by atoms with Crippen LogP contribution in [0.4, 0.5) is 0 Å². The Balaban J connectivity index is 1.59. The summed E-state index contributed by atoms with van der Waals surface area (Å²) in [6.45, 7) is 5.00. The Hall–Kier alpha value is -2.47. The number of carbonyl (C=O) groups is 1. The summed E-state index contributed by atoms with van der Waals surface area (Å²) in [5, 5.41) is 2.96. The van der Waals surface area contributed by atoms with Gasteiger partial charge in [-0.05, 0) is 38.7 Å². The van der Waals surface area contributed by atoms with Crippen molar-refractivity contribution in [1.29, 1.82) is 0 Å². The van der Waals surface area contributed by atoms with Gasteiger partial charge < -0.3 is 9.64 Å². The number of likely N-dealkylation sites (tertiary alicyclic amines) is 1. The van der Waals surface area contributed by atoms with E-state index in [1.165, 1.54) is 18.3 Å². The molecule has 1 aliphatic rings. The molecule has 3 aromatic rings. The molecule has 0 N–H and O–H groups in total. The second-order valence-electron chi connectivity index (χ2n) is 7.09. The number of fused-ring (bicyclic) bond motifs is 1. The van der Waals surface area contributed by atoms with Crippen molar-refractivity contribution in [2.75, 3.05) is 13.2 Å². The summed E-state index contributed by atoms with van der Waals surface area (Å²) in [6.07, 6.45) is 4.82. The monoisotopic (exact) mass is 381 g/mol. The number of amides is 1. The smallest absolute Gasteiger partial charge is 0.260 e. The van der Waals surface area contributed by atoms with Crippen LogP contribution in [0.2, 0.25) is 0 Å². The minimum atomic E-state index is 0.0135. The van der Waals surface area contributed by atoms with Crippen molar-refractivity contribution in [2.24, 2.45) is 0 Å². The first-order chi connectivity index (χ1) is 13.1. The van der Waals surface area contributed by atoms with E-state index in [-0.39, 0.29) is 18.6 Å². The lowest BCUT2D eigenvalue weighted by atomic mass is 10.0. The summed E-state index contributed by atoms with van der Waals surface area (Å²) < 4.78 is 5.89. The lowest BCUT2D eigenvalue weighted by Crippen LogP contribution is -2.44. The Morgan fingerprint density at radius 2 is 2.07 bits per heavy atom. The molecule has 3 heterocycles. The number of rotatable bonds is 4. The largest absolute Gasteiger partial charge is 0.467 e. The quantitative estimate of drug-likeness (QED) is 0.670. The zero-order valence-corrected chi connectivity index (χ0v) is 16.5. The number of benzene rings is 1. The molecule has 0 radical (unpaired) electrons. The van der Waals surface area contributed by atoms with E-state index in [4.69, 9.17) is 4.74 Å². The summed E-state index contributed by atoms with van der Waals surface area (Å²) in [7, 11) is 0. The van der Waals surface area contributed by atoms with Crippen molar-refractivity contribution < 1.29 is 9.53 Å². The number of aromatic nitrogens is 2. The Labute approximate surface area is 163 Å². The standard InChI is InChI=1S/C21H23N3O2S/c1-14-6-8-16(9-7-14)17-12-27-21-19(17)20(22-13-23-21)26-11-18(25)24-10-4-3-5-15(24)2/h6-9,12-13,15H,3-5,10-11H2,1-2H3/t15-/m0/s1. The molecule has 140 valence electrons. The molecule has 1 aromatic carbocycles. The first kappa shape index (κ1) is 17.9. The van der Waals surface area contributed by atoms with Gasteiger partial charge in [-0.25, -0.2) is 9.97 Å². The molecular formula is C21H23N3O2S. The van der Waals surface area contributed by atoms with Crippen LogP contribution in [0.3, 0.4) is 0 Å². The zero-order valence-electron chi connectivity index (χ0n) is 15.6. The van der Waals surface area contributed by atoms with Crippen LogP contribution in [-0.2, 0) is 4.79 Å². The average Bonchev–Trinajstić information content (AvgIpc) is 3.12. The van der Waals surface area contributed by atoms with E-state index in [1.54, 1.807) is 11.3 Å². The lowest BCUT2D eigenvalue weighted by Gasteiger charge is -2.33. The number of carbonyl (C=O) groups excluding carboxylic acids is 1. The van der Waals surface area contributed by atoms with Crippen LogP contribution in [0, 0.1) is 6.92 Å². The third-order valence-corrected chi connectivity index (χ3v) is 6.04. The molecule has 0 spiro atoms. The van der Waals surface area contributed by atoms with Crippen LogP contribution >= 0.6 is 11.3 Å². The summed E-state index contributed by atoms with van der Waals surface area (Å²) >= 11 is 1.56. The normalized spacial score (nSPS) is 17.3.